The quantitative estimate of drug-likeness (QED) is 0.656. The van der Waals surface area contributed by atoms with Gasteiger partial charge in [0.05, 0.1) is 0 Å². The number of aryl methyl sites for hydroxylation is 1. The van der Waals surface area contributed by atoms with Gasteiger partial charge in [0.15, 0.2) is 5.78 Å². The molecule has 0 radical (unpaired) electrons. The molecule has 2 heteroatoms. The molecule has 0 bridgehead atoms. The van der Waals surface area contributed by atoms with Crippen molar-refractivity contribution in [3.8, 4) is 0 Å². The van der Waals surface area contributed by atoms with Gasteiger partial charge in [-0.05, 0) is 53.6 Å². The Morgan fingerprint density at radius 1 is 1.00 bits per heavy atom. The van der Waals surface area contributed by atoms with Crippen molar-refractivity contribution in [2.45, 2.75) is 12.8 Å². The molecular formula is C19H15NO. The number of aromatic nitrogens is 1. The molecule has 21 heavy (non-hydrogen) atoms. The molecule has 0 saturated carbocycles. The number of carbonyl (C=O) groups is 1. The average molecular weight is 273 g/mol. The maximum absolute atomic E-state index is 12.6. The number of Topliss-reactive ketones (excluding diaryl/α,β-unsaturated/α-hetero) is 1. The third-order valence-electron chi connectivity index (χ3n) is 4.14. The zero-order valence-corrected chi connectivity index (χ0v) is 11.6. The van der Waals surface area contributed by atoms with Crippen molar-refractivity contribution >= 4 is 22.8 Å². The summed E-state index contributed by atoms with van der Waals surface area (Å²) in [5.41, 5.74) is 5.14. The van der Waals surface area contributed by atoms with Crippen LogP contribution in [-0.2, 0) is 6.42 Å². The van der Waals surface area contributed by atoms with Crippen molar-refractivity contribution < 1.29 is 4.79 Å². The lowest BCUT2D eigenvalue weighted by molar-refractivity contribution is 0.102. The van der Waals surface area contributed by atoms with E-state index in [4.69, 9.17) is 0 Å². The summed E-state index contributed by atoms with van der Waals surface area (Å²) in [6, 6.07) is 16.2. The lowest BCUT2D eigenvalue weighted by Gasteiger charge is -2.17. The number of nitrogens with one attached hydrogen (secondary N) is 1. The van der Waals surface area contributed by atoms with E-state index in [-0.39, 0.29) is 5.78 Å². The van der Waals surface area contributed by atoms with E-state index in [1.54, 1.807) is 0 Å². The van der Waals surface area contributed by atoms with Crippen LogP contribution in [0.15, 0.2) is 60.3 Å². The second-order valence-electron chi connectivity index (χ2n) is 5.48. The fourth-order valence-electron chi connectivity index (χ4n) is 3.02. The van der Waals surface area contributed by atoms with Gasteiger partial charge in [-0.25, -0.2) is 0 Å². The molecule has 0 aliphatic heterocycles. The average Bonchev–Trinajstić information content (AvgIpc) is 2.98. The minimum absolute atomic E-state index is 0.172. The summed E-state index contributed by atoms with van der Waals surface area (Å²) in [7, 11) is 0. The number of ketones is 1. The summed E-state index contributed by atoms with van der Waals surface area (Å²) in [6.07, 6.45) is 5.73. The highest BCUT2D eigenvalue weighted by molar-refractivity contribution is 6.13. The Morgan fingerprint density at radius 3 is 2.86 bits per heavy atom. The second kappa shape index (κ2) is 4.74. The summed E-state index contributed by atoms with van der Waals surface area (Å²) >= 11 is 0. The van der Waals surface area contributed by atoms with Gasteiger partial charge in [-0.3, -0.25) is 4.79 Å². The van der Waals surface area contributed by atoms with Gasteiger partial charge in [0.25, 0.3) is 0 Å². The van der Waals surface area contributed by atoms with Crippen molar-refractivity contribution in [1.29, 1.82) is 0 Å². The van der Waals surface area contributed by atoms with Crippen LogP contribution >= 0.6 is 0 Å². The number of carbonyl (C=O) groups excluding carboxylic acids is 1. The smallest absolute Gasteiger partial charge is 0.189 e. The van der Waals surface area contributed by atoms with Crippen LogP contribution in [0, 0.1) is 0 Å². The molecule has 0 spiro atoms. The molecule has 0 fully saturated rings. The van der Waals surface area contributed by atoms with E-state index >= 15 is 0 Å². The predicted molar refractivity (Wildman–Crippen MR) is 85.4 cm³/mol. The third kappa shape index (κ3) is 2.09. The van der Waals surface area contributed by atoms with Crippen molar-refractivity contribution in [2.75, 3.05) is 0 Å². The van der Waals surface area contributed by atoms with Crippen LogP contribution in [0.3, 0.4) is 0 Å². The normalized spacial score (nSPS) is 16.4. The molecular weight excluding hydrogens is 258 g/mol. The Balaban J connectivity index is 1.74. The van der Waals surface area contributed by atoms with Gasteiger partial charge >= 0.3 is 0 Å². The van der Waals surface area contributed by atoms with Crippen molar-refractivity contribution in [3.63, 3.8) is 0 Å². The van der Waals surface area contributed by atoms with E-state index in [0.29, 0.717) is 0 Å². The molecule has 1 aliphatic carbocycles. The van der Waals surface area contributed by atoms with E-state index in [1.807, 2.05) is 30.5 Å². The molecule has 0 unspecified atom stereocenters. The number of hydrogen-bond donors (Lipinski definition) is 1. The first kappa shape index (κ1) is 12.2. The third-order valence-corrected chi connectivity index (χ3v) is 4.14. The highest BCUT2D eigenvalue weighted by Crippen LogP contribution is 2.27. The van der Waals surface area contributed by atoms with Crippen LogP contribution in [0.25, 0.3) is 17.0 Å². The summed E-state index contributed by atoms with van der Waals surface area (Å²) in [5, 5.41) is 1.17. The minimum atomic E-state index is 0.172. The molecule has 2 nitrogen and oxygen atoms in total. The monoisotopic (exact) mass is 273 g/mol. The first-order chi connectivity index (χ1) is 10.3. The maximum atomic E-state index is 12.6. The first-order valence-electron chi connectivity index (χ1n) is 7.21. The van der Waals surface area contributed by atoms with Gasteiger partial charge in [0.1, 0.15) is 0 Å². The van der Waals surface area contributed by atoms with Gasteiger partial charge in [0.2, 0.25) is 0 Å². The van der Waals surface area contributed by atoms with E-state index < -0.39 is 0 Å². The molecule has 1 heterocycles. The number of aromatic amines is 1. The fraction of sp³-hybridized carbons (Fsp3) is 0.105. The Hall–Kier alpha value is -2.61. The Kier molecular flexibility index (Phi) is 2.74. The zero-order chi connectivity index (χ0) is 14.2. The van der Waals surface area contributed by atoms with E-state index in [0.717, 1.165) is 35.1 Å². The largest absolute Gasteiger partial charge is 0.361 e. The SMILES string of the molecule is O=C1/C(=C/c2ccc3[nH]ccc3c2)CCc2ccccc21. The van der Waals surface area contributed by atoms with Crippen LogP contribution in [0.4, 0.5) is 0 Å². The number of hydrogen-bond acceptors (Lipinski definition) is 1. The van der Waals surface area contributed by atoms with Gasteiger partial charge in [-0.15, -0.1) is 0 Å². The number of allylic oxidation sites excluding steroid dienone is 1. The van der Waals surface area contributed by atoms with Gasteiger partial charge in [0, 0.05) is 22.9 Å². The van der Waals surface area contributed by atoms with Crippen LogP contribution < -0.4 is 0 Å². The van der Waals surface area contributed by atoms with Gasteiger partial charge < -0.3 is 4.98 Å². The van der Waals surface area contributed by atoms with Crippen LogP contribution in [0.5, 0.6) is 0 Å². The van der Waals surface area contributed by atoms with Crippen LogP contribution in [0.2, 0.25) is 0 Å². The van der Waals surface area contributed by atoms with Gasteiger partial charge in [-0.1, -0.05) is 30.3 Å². The van der Waals surface area contributed by atoms with Gasteiger partial charge in [-0.2, -0.15) is 0 Å². The number of benzene rings is 2. The summed E-state index contributed by atoms with van der Waals surface area (Å²) in [5.74, 6) is 0.172. The molecule has 1 N–H and O–H groups in total. The molecule has 1 aliphatic rings. The Bertz CT molecular complexity index is 870. The molecule has 102 valence electrons. The molecule has 3 aromatic rings. The van der Waals surface area contributed by atoms with Crippen molar-refractivity contribution in [3.05, 3.63) is 77.0 Å². The lowest BCUT2D eigenvalue weighted by Crippen LogP contribution is -2.13. The fourth-order valence-corrected chi connectivity index (χ4v) is 3.02. The van der Waals surface area contributed by atoms with Crippen LogP contribution in [0.1, 0.15) is 27.9 Å². The molecule has 0 atom stereocenters. The summed E-state index contributed by atoms with van der Waals surface area (Å²) in [4.78, 5) is 15.7. The minimum Gasteiger partial charge on any atom is -0.361 e. The Morgan fingerprint density at radius 2 is 1.90 bits per heavy atom. The summed E-state index contributed by atoms with van der Waals surface area (Å²) in [6.45, 7) is 0. The first-order valence-corrected chi connectivity index (χ1v) is 7.21. The standard InChI is InChI=1S/C19H15NO/c21-19-16(7-6-14-3-1-2-4-17(14)19)12-13-5-8-18-15(11-13)9-10-20-18/h1-5,8-12,20H,6-7H2/b16-12+. The molecule has 2 aromatic carbocycles. The number of rotatable bonds is 1. The molecule has 4 rings (SSSR count). The highest BCUT2D eigenvalue weighted by Gasteiger charge is 2.20. The van der Waals surface area contributed by atoms with E-state index in [9.17, 15) is 4.79 Å². The molecule has 1 aromatic heterocycles. The number of H-pyrrole nitrogens is 1. The van der Waals surface area contributed by atoms with E-state index in [2.05, 4.69) is 35.3 Å². The Labute approximate surface area is 123 Å². The second-order valence-corrected chi connectivity index (χ2v) is 5.48. The topological polar surface area (TPSA) is 32.9 Å². The zero-order valence-electron chi connectivity index (χ0n) is 11.6. The highest BCUT2D eigenvalue weighted by atomic mass is 16.1. The summed E-state index contributed by atoms with van der Waals surface area (Å²) < 4.78 is 0. The van der Waals surface area contributed by atoms with Crippen molar-refractivity contribution in [1.82, 2.24) is 4.98 Å². The maximum Gasteiger partial charge on any atom is 0.189 e. The van der Waals surface area contributed by atoms with E-state index in [1.165, 1.54) is 10.9 Å². The van der Waals surface area contributed by atoms with Crippen molar-refractivity contribution in [2.24, 2.45) is 0 Å². The molecule has 0 saturated heterocycles. The van der Waals surface area contributed by atoms with Crippen LogP contribution in [-0.4, -0.2) is 10.8 Å². The predicted octanol–water partition coefficient (Wildman–Crippen LogP) is 4.38. The number of fused-ring (bicyclic) bond motifs is 2. The lowest BCUT2D eigenvalue weighted by atomic mass is 9.86. The molecule has 0 amide bonds.